The Kier molecular flexibility index (Phi) is 6.03. The lowest BCUT2D eigenvalue weighted by molar-refractivity contribution is 0.402. The third kappa shape index (κ3) is 4.06. The van der Waals surface area contributed by atoms with Gasteiger partial charge in [0.15, 0.2) is 6.17 Å². The van der Waals surface area contributed by atoms with Crippen LogP contribution in [0.15, 0.2) is 158 Å². The third-order valence-electron chi connectivity index (χ3n) is 8.89. The molecule has 4 aromatic heterocycles. The second kappa shape index (κ2) is 10.5. The second-order valence-electron chi connectivity index (χ2n) is 11.6. The normalized spacial score (nSPS) is 12.4. The number of nitrogens with zero attached hydrogens (tertiary/aromatic N) is 4. The lowest BCUT2D eigenvalue weighted by atomic mass is 9.99. The van der Waals surface area contributed by atoms with Gasteiger partial charge in [-0.05, 0) is 65.7 Å². The van der Waals surface area contributed by atoms with E-state index in [1.807, 2.05) is 85.1 Å². The van der Waals surface area contributed by atoms with Crippen molar-refractivity contribution in [1.82, 2.24) is 19.1 Å². The largest absolute Gasteiger partial charge is 0.308 e. The van der Waals surface area contributed by atoms with Gasteiger partial charge in [-0.3, -0.25) is 9.55 Å². The van der Waals surface area contributed by atoms with E-state index >= 15 is 4.39 Å². The minimum atomic E-state index is -1.31. The number of rotatable bonds is 5. The maximum Gasteiger partial charge on any atom is 0.150 e. The van der Waals surface area contributed by atoms with Crippen molar-refractivity contribution >= 4 is 43.7 Å². The summed E-state index contributed by atoms with van der Waals surface area (Å²) in [6.07, 6.45) is 2.43. The van der Waals surface area contributed by atoms with Crippen LogP contribution in [0.4, 0.5) is 4.39 Å². The van der Waals surface area contributed by atoms with Gasteiger partial charge in [-0.1, -0.05) is 91.0 Å². The Balaban J connectivity index is 1.27. The number of hydrogen-bond donors (Lipinski definition) is 0. The minimum absolute atomic E-state index is 0.584. The summed E-state index contributed by atoms with van der Waals surface area (Å²) < 4.78 is 20.8. The number of halogens is 1. The first-order valence-corrected chi connectivity index (χ1v) is 15.4. The van der Waals surface area contributed by atoms with Crippen molar-refractivity contribution in [3.8, 4) is 22.6 Å². The van der Waals surface area contributed by atoms with Crippen molar-refractivity contribution in [3.05, 3.63) is 169 Å². The molecule has 218 valence electrons. The summed E-state index contributed by atoms with van der Waals surface area (Å²) in [7, 11) is 0. The molecule has 0 radical (unpaired) electrons. The van der Waals surface area contributed by atoms with Crippen LogP contribution in [0.3, 0.4) is 0 Å². The summed E-state index contributed by atoms with van der Waals surface area (Å²) >= 11 is 0. The molecule has 0 saturated heterocycles. The smallest absolute Gasteiger partial charge is 0.150 e. The monoisotopic (exact) mass is 594 g/mol. The first-order valence-electron chi connectivity index (χ1n) is 15.4. The zero-order chi connectivity index (χ0) is 30.6. The van der Waals surface area contributed by atoms with Gasteiger partial charge >= 0.3 is 0 Å². The number of alkyl halides is 1. The van der Waals surface area contributed by atoms with Crippen LogP contribution in [0.25, 0.3) is 66.4 Å². The molecular weight excluding hydrogens is 567 g/mol. The quantitative estimate of drug-likeness (QED) is 0.199. The molecule has 0 N–H and O–H groups in total. The van der Waals surface area contributed by atoms with E-state index in [1.165, 1.54) is 0 Å². The Hall–Kier alpha value is -6.07. The van der Waals surface area contributed by atoms with E-state index in [4.69, 9.17) is 4.98 Å². The topological polar surface area (TPSA) is 35.6 Å². The van der Waals surface area contributed by atoms with Gasteiger partial charge in [-0.2, -0.15) is 0 Å². The van der Waals surface area contributed by atoms with Gasteiger partial charge in [-0.15, -0.1) is 0 Å². The highest BCUT2D eigenvalue weighted by atomic mass is 19.1. The van der Waals surface area contributed by atoms with Crippen LogP contribution in [0.5, 0.6) is 0 Å². The average molecular weight is 595 g/mol. The highest BCUT2D eigenvalue weighted by molar-refractivity contribution is 6.25. The van der Waals surface area contributed by atoms with Crippen molar-refractivity contribution < 1.29 is 4.39 Å². The fourth-order valence-electron chi connectivity index (χ4n) is 6.86. The fourth-order valence-corrected chi connectivity index (χ4v) is 6.86. The summed E-state index contributed by atoms with van der Waals surface area (Å²) in [6, 6.07) is 48.5. The molecule has 5 heteroatoms. The fraction of sp³-hybridized carbons (Fsp3) is 0.0244. The van der Waals surface area contributed by atoms with E-state index in [-0.39, 0.29) is 0 Å². The molecule has 9 rings (SSSR count). The van der Waals surface area contributed by atoms with Crippen LogP contribution in [0.2, 0.25) is 0 Å². The first-order chi connectivity index (χ1) is 22.8. The van der Waals surface area contributed by atoms with Crippen LogP contribution in [-0.2, 0) is 0 Å². The van der Waals surface area contributed by atoms with Gasteiger partial charge < -0.3 is 4.57 Å². The summed E-state index contributed by atoms with van der Waals surface area (Å²) in [5, 5.41) is 4.42. The lowest BCUT2D eigenvalue weighted by Gasteiger charge is -2.14. The van der Waals surface area contributed by atoms with E-state index in [2.05, 4.69) is 80.8 Å². The molecule has 0 aliphatic heterocycles. The molecule has 0 aliphatic carbocycles. The van der Waals surface area contributed by atoms with E-state index in [9.17, 15) is 0 Å². The van der Waals surface area contributed by atoms with E-state index in [0.29, 0.717) is 11.1 Å². The summed E-state index contributed by atoms with van der Waals surface area (Å²) in [5.74, 6) is 0. The van der Waals surface area contributed by atoms with E-state index in [1.54, 1.807) is 6.20 Å². The van der Waals surface area contributed by atoms with Gasteiger partial charge in [-0.25, -0.2) is 9.37 Å². The number of hydrogen-bond acceptors (Lipinski definition) is 2. The molecule has 0 saturated carbocycles. The zero-order valence-corrected chi connectivity index (χ0v) is 24.8. The summed E-state index contributed by atoms with van der Waals surface area (Å²) in [4.78, 5) is 9.56. The van der Waals surface area contributed by atoms with Gasteiger partial charge in [0.05, 0.1) is 27.6 Å². The Morgan fingerprint density at radius 2 is 1.20 bits per heavy atom. The van der Waals surface area contributed by atoms with E-state index < -0.39 is 6.17 Å². The zero-order valence-electron chi connectivity index (χ0n) is 24.8. The maximum absolute atomic E-state index is 16.3. The maximum atomic E-state index is 16.3. The molecule has 0 fully saturated rings. The molecule has 1 unspecified atom stereocenters. The molecule has 46 heavy (non-hydrogen) atoms. The SMILES string of the molecule is FC(c1cccc(-c2ccccn2)c1)c1cccc(-n2c3ccccc3c3c2ncc2c4ccccc4n(-c4ccccc4)c23)c1. The highest BCUT2D eigenvalue weighted by Crippen LogP contribution is 2.41. The van der Waals surface area contributed by atoms with Crippen LogP contribution < -0.4 is 0 Å². The summed E-state index contributed by atoms with van der Waals surface area (Å²) in [5.41, 5.74) is 8.93. The Labute approximate surface area is 264 Å². The van der Waals surface area contributed by atoms with Crippen LogP contribution >= 0.6 is 0 Å². The minimum Gasteiger partial charge on any atom is -0.308 e. The van der Waals surface area contributed by atoms with Crippen molar-refractivity contribution in [2.24, 2.45) is 0 Å². The van der Waals surface area contributed by atoms with Crippen LogP contribution in [0.1, 0.15) is 17.3 Å². The molecule has 0 amide bonds. The lowest BCUT2D eigenvalue weighted by Crippen LogP contribution is -2.00. The van der Waals surface area contributed by atoms with Crippen molar-refractivity contribution in [2.45, 2.75) is 6.17 Å². The third-order valence-corrected chi connectivity index (χ3v) is 8.89. The molecule has 9 aromatic rings. The van der Waals surface area contributed by atoms with Gasteiger partial charge in [0.1, 0.15) is 5.65 Å². The average Bonchev–Trinajstić information content (AvgIpc) is 3.65. The molecule has 5 aromatic carbocycles. The highest BCUT2D eigenvalue weighted by Gasteiger charge is 2.22. The van der Waals surface area contributed by atoms with Crippen LogP contribution in [-0.4, -0.2) is 19.1 Å². The Bertz CT molecular complexity index is 2550. The summed E-state index contributed by atoms with van der Waals surface area (Å²) in [6.45, 7) is 0. The molecule has 4 heterocycles. The molecule has 4 nitrogen and oxygen atoms in total. The molecule has 0 aliphatic rings. The van der Waals surface area contributed by atoms with E-state index in [0.717, 1.165) is 66.4 Å². The molecule has 1 atom stereocenters. The van der Waals surface area contributed by atoms with Crippen molar-refractivity contribution in [2.75, 3.05) is 0 Å². The van der Waals surface area contributed by atoms with Crippen molar-refractivity contribution in [3.63, 3.8) is 0 Å². The Morgan fingerprint density at radius 1 is 0.522 bits per heavy atom. The molecule has 0 bridgehead atoms. The van der Waals surface area contributed by atoms with Gasteiger partial charge in [0.2, 0.25) is 0 Å². The number of para-hydroxylation sites is 3. The Morgan fingerprint density at radius 3 is 2.00 bits per heavy atom. The van der Waals surface area contributed by atoms with Gasteiger partial charge in [0, 0.05) is 45.5 Å². The molecule has 0 spiro atoms. The van der Waals surface area contributed by atoms with Gasteiger partial charge in [0.25, 0.3) is 0 Å². The second-order valence-corrected chi connectivity index (χ2v) is 11.6. The predicted molar refractivity (Wildman–Crippen MR) is 186 cm³/mol. The van der Waals surface area contributed by atoms with Crippen LogP contribution in [0, 0.1) is 0 Å². The van der Waals surface area contributed by atoms with Crippen molar-refractivity contribution in [1.29, 1.82) is 0 Å². The predicted octanol–water partition coefficient (Wildman–Crippen LogP) is 10.4. The number of fused-ring (bicyclic) bond motifs is 7. The standard InChI is InChI=1S/C41H27FN4/c42-39(28-13-10-12-27(24-28)35-20-8-9-23-43-35)29-14-11-17-31(25-29)46-37-22-7-5-19-33(37)38-40-34(26-44-41(38)46)32-18-4-6-21-36(32)45(40)30-15-2-1-3-16-30/h1-26,39H. The number of aromatic nitrogens is 4. The number of pyridine rings is 2. The molecular formula is C41H27FN4. The number of benzene rings is 5. The first kappa shape index (κ1) is 26.3.